The van der Waals surface area contributed by atoms with Gasteiger partial charge in [-0.15, -0.1) is 0 Å². The first-order valence-electron chi connectivity index (χ1n) is 8.32. The van der Waals surface area contributed by atoms with Gasteiger partial charge in [0.15, 0.2) is 0 Å². The Kier molecular flexibility index (Phi) is 5.59. The molecular formula is C20H17F3N2O2. The molecule has 27 heavy (non-hydrogen) atoms. The number of carbonyl (C=O) groups is 1. The number of nitrogens with one attached hydrogen (secondary N) is 1. The summed E-state index contributed by atoms with van der Waals surface area (Å²) in [6.45, 7) is 0.709. The van der Waals surface area contributed by atoms with Crippen LogP contribution in [-0.4, -0.2) is 30.6 Å². The maximum atomic E-state index is 12.7. The predicted octanol–water partition coefficient (Wildman–Crippen LogP) is 4.64. The highest BCUT2D eigenvalue weighted by Gasteiger charge is 2.28. The molecule has 3 aromatic rings. The highest BCUT2D eigenvalue weighted by atomic mass is 19.4. The summed E-state index contributed by atoms with van der Waals surface area (Å²) in [5.41, 5.74) is 1.61. The highest BCUT2D eigenvalue weighted by molar-refractivity contribution is 5.91. The second-order valence-electron chi connectivity index (χ2n) is 5.93. The van der Waals surface area contributed by atoms with Gasteiger partial charge in [-0.2, -0.15) is 13.2 Å². The molecule has 0 amide bonds. The number of anilines is 1. The van der Waals surface area contributed by atoms with Crippen LogP contribution in [0.5, 0.6) is 5.75 Å². The van der Waals surface area contributed by atoms with Crippen LogP contribution in [-0.2, 0) is 6.42 Å². The van der Waals surface area contributed by atoms with E-state index >= 15 is 0 Å². The standard InChI is InChI=1S/C20H17F3N2O2/c21-20(22,23)12-15-11-19(17-3-1-2-4-18(17)25-15)24-9-10-27-16-7-5-14(13-26)6-8-16/h1-8,11,13H,9-10,12H2,(H,24,25). The van der Waals surface area contributed by atoms with Gasteiger partial charge in [-0.05, 0) is 36.4 Å². The number of para-hydroxylation sites is 1. The molecule has 4 nitrogen and oxygen atoms in total. The molecule has 0 saturated carbocycles. The number of fused-ring (bicyclic) bond motifs is 1. The lowest BCUT2D eigenvalue weighted by Gasteiger charge is -2.13. The fourth-order valence-electron chi connectivity index (χ4n) is 2.67. The van der Waals surface area contributed by atoms with Crippen molar-refractivity contribution in [1.82, 2.24) is 4.98 Å². The van der Waals surface area contributed by atoms with Gasteiger partial charge in [0.05, 0.1) is 17.6 Å². The number of rotatable bonds is 7. The molecule has 0 saturated heterocycles. The number of aldehydes is 1. The zero-order chi connectivity index (χ0) is 19.3. The number of nitrogens with zero attached hydrogens (tertiary/aromatic N) is 1. The minimum Gasteiger partial charge on any atom is -0.492 e. The summed E-state index contributed by atoms with van der Waals surface area (Å²) < 4.78 is 43.7. The summed E-state index contributed by atoms with van der Waals surface area (Å²) in [6, 6.07) is 15.1. The van der Waals surface area contributed by atoms with Crippen LogP contribution >= 0.6 is 0 Å². The molecule has 7 heteroatoms. The van der Waals surface area contributed by atoms with E-state index in [-0.39, 0.29) is 5.69 Å². The molecule has 1 heterocycles. The topological polar surface area (TPSA) is 51.2 Å². The number of hydrogen-bond acceptors (Lipinski definition) is 4. The Morgan fingerprint density at radius 1 is 1.07 bits per heavy atom. The third-order valence-electron chi connectivity index (χ3n) is 3.85. The van der Waals surface area contributed by atoms with Crippen LogP contribution in [0.15, 0.2) is 54.6 Å². The zero-order valence-electron chi connectivity index (χ0n) is 14.3. The average molecular weight is 374 g/mol. The first-order valence-corrected chi connectivity index (χ1v) is 8.32. The van der Waals surface area contributed by atoms with Crippen molar-refractivity contribution < 1.29 is 22.7 Å². The Morgan fingerprint density at radius 3 is 2.52 bits per heavy atom. The van der Waals surface area contributed by atoms with Gasteiger partial charge >= 0.3 is 6.18 Å². The molecule has 0 aliphatic heterocycles. The zero-order valence-corrected chi connectivity index (χ0v) is 14.3. The van der Waals surface area contributed by atoms with Crippen LogP contribution in [0.25, 0.3) is 10.9 Å². The minimum absolute atomic E-state index is 0.0333. The van der Waals surface area contributed by atoms with E-state index in [0.717, 1.165) is 11.7 Å². The van der Waals surface area contributed by atoms with Crippen LogP contribution in [0.1, 0.15) is 16.1 Å². The second-order valence-corrected chi connectivity index (χ2v) is 5.93. The normalized spacial score (nSPS) is 11.4. The Morgan fingerprint density at radius 2 is 1.81 bits per heavy atom. The average Bonchev–Trinajstić information content (AvgIpc) is 2.64. The first-order chi connectivity index (χ1) is 12.9. The lowest BCUT2D eigenvalue weighted by Crippen LogP contribution is -2.15. The number of hydrogen-bond donors (Lipinski definition) is 1. The fourth-order valence-corrected chi connectivity index (χ4v) is 2.67. The molecule has 0 spiro atoms. The van der Waals surface area contributed by atoms with Gasteiger partial charge < -0.3 is 10.1 Å². The van der Waals surface area contributed by atoms with E-state index in [1.807, 2.05) is 6.07 Å². The molecule has 2 aromatic carbocycles. The second kappa shape index (κ2) is 8.07. The monoisotopic (exact) mass is 374 g/mol. The van der Waals surface area contributed by atoms with Crippen molar-refractivity contribution in [1.29, 1.82) is 0 Å². The Hall–Kier alpha value is -3.09. The number of halogens is 3. The molecule has 0 unspecified atom stereocenters. The van der Waals surface area contributed by atoms with Crippen LogP contribution < -0.4 is 10.1 Å². The van der Waals surface area contributed by atoms with Gasteiger partial charge in [-0.3, -0.25) is 9.78 Å². The van der Waals surface area contributed by atoms with E-state index in [4.69, 9.17) is 4.74 Å². The van der Waals surface area contributed by atoms with Crippen molar-refractivity contribution in [2.45, 2.75) is 12.6 Å². The van der Waals surface area contributed by atoms with Gasteiger partial charge in [0.2, 0.25) is 0 Å². The number of ether oxygens (including phenoxy) is 1. The molecule has 1 aromatic heterocycles. The van der Waals surface area contributed by atoms with Crippen molar-refractivity contribution in [3.8, 4) is 5.75 Å². The fraction of sp³-hybridized carbons (Fsp3) is 0.200. The van der Waals surface area contributed by atoms with E-state index in [1.165, 1.54) is 6.07 Å². The molecule has 1 N–H and O–H groups in total. The van der Waals surface area contributed by atoms with Crippen molar-refractivity contribution >= 4 is 22.9 Å². The molecular weight excluding hydrogens is 357 g/mol. The van der Waals surface area contributed by atoms with Crippen molar-refractivity contribution in [3.05, 3.63) is 65.9 Å². The molecule has 3 rings (SSSR count). The van der Waals surface area contributed by atoms with Crippen molar-refractivity contribution in [3.63, 3.8) is 0 Å². The number of benzene rings is 2. The van der Waals surface area contributed by atoms with E-state index in [2.05, 4.69) is 10.3 Å². The third kappa shape index (κ3) is 5.20. The SMILES string of the molecule is O=Cc1ccc(OCCNc2cc(CC(F)(F)F)nc3ccccc23)cc1. The van der Waals surface area contributed by atoms with Crippen LogP contribution in [0.4, 0.5) is 18.9 Å². The van der Waals surface area contributed by atoms with Gasteiger partial charge in [-0.1, -0.05) is 18.2 Å². The van der Waals surface area contributed by atoms with Crippen LogP contribution in [0.2, 0.25) is 0 Å². The van der Waals surface area contributed by atoms with Gasteiger partial charge in [0, 0.05) is 23.2 Å². The number of aromatic nitrogens is 1. The smallest absolute Gasteiger partial charge is 0.394 e. The first kappa shape index (κ1) is 18.7. The summed E-state index contributed by atoms with van der Waals surface area (Å²) in [5.74, 6) is 0.611. The molecule has 0 radical (unpaired) electrons. The van der Waals surface area contributed by atoms with Crippen molar-refractivity contribution in [2.24, 2.45) is 0 Å². The Labute approximate surface area is 154 Å². The summed E-state index contributed by atoms with van der Waals surface area (Å²) >= 11 is 0. The number of carbonyl (C=O) groups excluding carboxylic acids is 1. The lowest BCUT2D eigenvalue weighted by molar-refractivity contribution is -0.127. The van der Waals surface area contributed by atoms with E-state index in [9.17, 15) is 18.0 Å². The van der Waals surface area contributed by atoms with Crippen molar-refractivity contribution in [2.75, 3.05) is 18.5 Å². The Balaban J connectivity index is 1.68. The van der Waals surface area contributed by atoms with Gasteiger partial charge in [0.1, 0.15) is 18.6 Å². The van der Waals surface area contributed by atoms with E-state index < -0.39 is 12.6 Å². The number of alkyl halides is 3. The molecule has 0 bridgehead atoms. The van der Waals surface area contributed by atoms with E-state index in [1.54, 1.807) is 42.5 Å². The largest absolute Gasteiger partial charge is 0.492 e. The van der Waals surface area contributed by atoms with E-state index in [0.29, 0.717) is 35.7 Å². The summed E-state index contributed by atoms with van der Waals surface area (Å²) in [6.07, 6.45) is -4.64. The van der Waals surface area contributed by atoms with Gasteiger partial charge in [0.25, 0.3) is 0 Å². The highest BCUT2D eigenvalue weighted by Crippen LogP contribution is 2.27. The lowest BCUT2D eigenvalue weighted by atomic mass is 10.1. The Bertz CT molecular complexity index is 925. The molecule has 140 valence electrons. The maximum Gasteiger partial charge on any atom is 0.394 e. The quantitative estimate of drug-likeness (QED) is 0.483. The molecule has 0 aliphatic carbocycles. The molecule has 0 aliphatic rings. The molecule has 0 atom stereocenters. The third-order valence-corrected chi connectivity index (χ3v) is 3.85. The number of pyridine rings is 1. The predicted molar refractivity (Wildman–Crippen MR) is 97.3 cm³/mol. The summed E-state index contributed by atoms with van der Waals surface area (Å²) in [5, 5.41) is 3.87. The molecule has 0 fully saturated rings. The van der Waals surface area contributed by atoms with Crippen LogP contribution in [0, 0.1) is 0 Å². The maximum absolute atomic E-state index is 12.7. The van der Waals surface area contributed by atoms with Crippen LogP contribution in [0.3, 0.4) is 0 Å². The minimum atomic E-state index is -4.32. The summed E-state index contributed by atoms with van der Waals surface area (Å²) in [7, 11) is 0. The van der Waals surface area contributed by atoms with Gasteiger partial charge in [-0.25, -0.2) is 0 Å². The summed E-state index contributed by atoms with van der Waals surface area (Å²) in [4.78, 5) is 14.7.